The van der Waals surface area contributed by atoms with Crippen molar-refractivity contribution in [2.45, 2.75) is 19.5 Å². The molecule has 0 spiro atoms. The van der Waals surface area contributed by atoms with Crippen molar-refractivity contribution in [2.24, 2.45) is 0 Å². The first kappa shape index (κ1) is 13.2. The molecule has 1 heterocycles. The Morgan fingerprint density at radius 1 is 1.35 bits per heavy atom. The molecule has 17 heavy (non-hydrogen) atoms. The van der Waals surface area contributed by atoms with E-state index >= 15 is 0 Å². The number of hydrogen-bond donors (Lipinski definition) is 0. The molecule has 4 nitrogen and oxygen atoms in total. The molecule has 0 aliphatic carbocycles. The smallest absolute Gasteiger partial charge is 0.345 e. The summed E-state index contributed by atoms with van der Waals surface area (Å²) in [7, 11) is 0. The molecule has 0 aromatic carbocycles. The molecule has 0 N–H and O–H groups in total. The summed E-state index contributed by atoms with van der Waals surface area (Å²) in [5, 5.41) is 8.77. The summed E-state index contributed by atoms with van der Waals surface area (Å²) in [5.74, 6) is -0.0193. The first-order valence-electron chi connectivity index (χ1n) is 5.00. The van der Waals surface area contributed by atoms with Crippen LogP contribution in [0.4, 0.5) is 19.0 Å². The molecule has 0 fully saturated rings. The quantitative estimate of drug-likeness (QED) is 0.814. The van der Waals surface area contributed by atoms with E-state index in [2.05, 4.69) is 9.97 Å². The third kappa shape index (κ3) is 3.90. The number of aromatic nitrogens is 2. The monoisotopic (exact) mass is 244 g/mol. The Hall–Kier alpha value is -1.84. The first-order chi connectivity index (χ1) is 7.98. The third-order valence-electron chi connectivity index (χ3n) is 1.95. The predicted octanol–water partition coefficient (Wildman–Crippen LogP) is 2.13. The molecule has 1 aromatic heterocycles. The van der Waals surface area contributed by atoms with E-state index in [1.165, 1.54) is 12.4 Å². The molecule has 0 unspecified atom stereocenters. The van der Waals surface area contributed by atoms with Crippen LogP contribution in [0.15, 0.2) is 12.4 Å². The fourth-order valence-electron chi connectivity index (χ4n) is 1.39. The lowest BCUT2D eigenvalue weighted by atomic mass is 10.3. The number of anilines is 1. The number of alkyl halides is 3. The zero-order valence-corrected chi connectivity index (χ0v) is 9.20. The van der Waals surface area contributed by atoms with Gasteiger partial charge in [0.2, 0.25) is 0 Å². The highest BCUT2D eigenvalue weighted by atomic mass is 19.4. The Kier molecular flexibility index (Phi) is 4.26. The number of nitriles is 1. The molecule has 0 bridgehead atoms. The maximum absolute atomic E-state index is 12.4. The van der Waals surface area contributed by atoms with Crippen molar-refractivity contribution < 1.29 is 13.2 Å². The van der Waals surface area contributed by atoms with Crippen LogP contribution >= 0.6 is 0 Å². The van der Waals surface area contributed by atoms with Crippen molar-refractivity contribution in [2.75, 3.05) is 18.0 Å². The topological polar surface area (TPSA) is 52.8 Å². The van der Waals surface area contributed by atoms with E-state index in [4.69, 9.17) is 5.26 Å². The highest BCUT2D eigenvalue weighted by Crippen LogP contribution is 2.22. The highest BCUT2D eigenvalue weighted by molar-refractivity contribution is 5.49. The molecule has 0 amide bonds. The van der Waals surface area contributed by atoms with Gasteiger partial charge in [-0.05, 0) is 6.42 Å². The van der Waals surface area contributed by atoms with Crippen molar-refractivity contribution in [1.29, 1.82) is 5.26 Å². The third-order valence-corrected chi connectivity index (χ3v) is 1.95. The van der Waals surface area contributed by atoms with Gasteiger partial charge in [0, 0.05) is 18.9 Å². The van der Waals surface area contributed by atoms with Gasteiger partial charge in [-0.1, -0.05) is 6.92 Å². The van der Waals surface area contributed by atoms with Gasteiger partial charge in [0.15, 0.2) is 11.5 Å². The van der Waals surface area contributed by atoms with Gasteiger partial charge in [-0.2, -0.15) is 18.4 Å². The van der Waals surface area contributed by atoms with Crippen LogP contribution in [0.5, 0.6) is 0 Å². The average Bonchev–Trinajstić information content (AvgIpc) is 2.27. The van der Waals surface area contributed by atoms with Crippen molar-refractivity contribution in [3.63, 3.8) is 0 Å². The minimum atomic E-state index is -4.33. The Morgan fingerprint density at radius 2 is 2.00 bits per heavy atom. The van der Waals surface area contributed by atoms with Crippen molar-refractivity contribution in [3.8, 4) is 6.07 Å². The standard InChI is InChI=1S/C10H11F3N4/c1-2-5-17(7-10(11,12)13)9-8(6-14)15-3-4-16-9/h3-4H,2,5,7H2,1H3. The van der Waals surface area contributed by atoms with Crippen molar-refractivity contribution in [1.82, 2.24) is 9.97 Å². The SMILES string of the molecule is CCCN(CC(F)(F)F)c1nccnc1C#N. The van der Waals surface area contributed by atoms with Gasteiger partial charge in [-0.25, -0.2) is 9.97 Å². The molecule has 0 radical (unpaired) electrons. The van der Waals surface area contributed by atoms with E-state index in [9.17, 15) is 13.2 Å². The summed E-state index contributed by atoms with van der Waals surface area (Å²) in [6, 6.07) is 1.74. The van der Waals surface area contributed by atoms with Gasteiger partial charge in [-0.15, -0.1) is 0 Å². The van der Waals surface area contributed by atoms with Gasteiger partial charge in [-0.3, -0.25) is 0 Å². The van der Waals surface area contributed by atoms with Crippen LogP contribution in [0.1, 0.15) is 19.0 Å². The van der Waals surface area contributed by atoms with Crippen molar-refractivity contribution in [3.05, 3.63) is 18.1 Å². The fourth-order valence-corrected chi connectivity index (χ4v) is 1.39. The van der Waals surface area contributed by atoms with E-state index in [-0.39, 0.29) is 18.1 Å². The summed E-state index contributed by atoms with van der Waals surface area (Å²) in [6.07, 6.45) is -1.26. The van der Waals surface area contributed by atoms with Gasteiger partial charge >= 0.3 is 6.18 Å². The molecule has 7 heteroatoms. The van der Waals surface area contributed by atoms with E-state index in [0.29, 0.717) is 6.42 Å². The minimum absolute atomic E-state index is 0.0193. The number of hydrogen-bond acceptors (Lipinski definition) is 4. The van der Waals surface area contributed by atoms with Crippen molar-refractivity contribution >= 4 is 5.82 Å². The Bertz CT molecular complexity index is 411. The number of halogens is 3. The molecule has 0 aliphatic rings. The molecule has 0 saturated heterocycles. The van der Waals surface area contributed by atoms with Crippen LogP contribution in [-0.2, 0) is 0 Å². The number of rotatable bonds is 4. The zero-order chi connectivity index (χ0) is 12.9. The molecule has 0 atom stereocenters. The van der Waals surface area contributed by atoms with Gasteiger partial charge in [0.05, 0.1) is 0 Å². The van der Waals surface area contributed by atoms with Crippen LogP contribution in [-0.4, -0.2) is 29.2 Å². The molecule has 0 saturated carbocycles. The predicted molar refractivity (Wildman–Crippen MR) is 55.3 cm³/mol. The Morgan fingerprint density at radius 3 is 2.53 bits per heavy atom. The molecule has 92 valence electrons. The molecular weight excluding hydrogens is 233 g/mol. The fraction of sp³-hybridized carbons (Fsp3) is 0.500. The van der Waals surface area contributed by atoms with Gasteiger partial charge < -0.3 is 4.90 Å². The second-order valence-corrected chi connectivity index (χ2v) is 3.38. The van der Waals surface area contributed by atoms with E-state index < -0.39 is 12.7 Å². The van der Waals surface area contributed by atoms with E-state index in [1.54, 1.807) is 13.0 Å². The second-order valence-electron chi connectivity index (χ2n) is 3.38. The average molecular weight is 244 g/mol. The number of nitrogens with zero attached hydrogens (tertiary/aromatic N) is 4. The molecule has 1 aromatic rings. The maximum atomic E-state index is 12.4. The van der Waals surface area contributed by atoms with E-state index in [1.807, 2.05) is 0 Å². The highest BCUT2D eigenvalue weighted by Gasteiger charge is 2.32. The first-order valence-corrected chi connectivity index (χ1v) is 5.00. The van der Waals surface area contributed by atoms with Crippen LogP contribution in [0, 0.1) is 11.3 Å². The summed E-state index contributed by atoms with van der Waals surface area (Å²) in [4.78, 5) is 8.51. The van der Waals surface area contributed by atoms with Gasteiger partial charge in [0.1, 0.15) is 12.6 Å². The lowest BCUT2D eigenvalue weighted by Crippen LogP contribution is -2.36. The van der Waals surface area contributed by atoms with Crippen LogP contribution in [0.2, 0.25) is 0 Å². The zero-order valence-electron chi connectivity index (χ0n) is 9.20. The summed E-state index contributed by atoms with van der Waals surface area (Å²) < 4.78 is 37.1. The lowest BCUT2D eigenvalue weighted by molar-refractivity contribution is -0.119. The normalized spacial score (nSPS) is 11.0. The Balaban J connectivity index is 3.01. The largest absolute Gasteiger partial charge is 0.405 e. The van der Waals surface area contributed by atoms with Crippen LogP contribution in [0.25, 0.3) is 0 Å². The van der Waals surface area contributed by atoms with Gasteiger partial charge in [0.25, 0.3) is 0 Å². The summed E-state index contributed by atoms with van der Waals surface area (Å²) in [6.45, 7) is 0.798. The van der Waals surface area contributed by atoms with E-state index in [0.717, 1.165) is 4.90 Å². The van der Waals surface area contributed by atoms with Crippen LogP contribution < -0.4 is 4.90 Å². The summed E-state index contributed by atoms with van der Waals surface area (Å²) >= 11 is 0. The summed E-state index contributed by atoms with van der Waals surface area (Å²) in [5.41, 5.74) is -0.0924. The molecular formula is C10H11F3N4. The minimum Gasteiger partial charge on any atom is -0.345 e. The van der Waals surface area contributed by atoms with Crippen LogP contribution in [0.3, 0.4) is 0 Å². The Labute approximate surface area is 96.7 Å². The second kappa shape index (κ2) is 5.48. The maximum Gasteiger partial charge on any atom is 0.405 e. The molecule has 0 aliphatic heterocycles. The lowest BCUT2D eigenvalue weighted by Gasteiger charge is -2.24. The molecule has 1 rings (SSSR count).